The number of nitrogens with zero attached hydrogens (tertiary/aromatic N) is 1. The lowest BCUT2D eigenvalue weighted by atomic mass is 10.1. The van der Waals surface area contributed by atoms with Crippen molar-refractivity contribution in [3.63, 3.8) is 0 Å². The van der Waals surface area contributed by atoms with Crippen molar-refractivity contribution in [2.24, 2.45) is 0 Å². The minimum atomic E-state index is -4.62. The SMILES string of the molecule is [3H]c1cc(C#N)c(C(F)(F)F)cc1N. The zero-order chi connectivity index (χ0) is 10.9. The van der Waals surface area contributed by atoms with E-state index in [0.29, 0.717) is 6.07 Å². The molecule has 0 fully saturated rings. The molecule has 0 saturated heterocycles. The number of nitrogen functional groups attached to an aromatic ring is 1. The molecule has 1 aromatic rings. The molecule has 0 unspecified atom stereocenters. The molecule has 68 valence electrons. The highest BCUT2D eigenvalue weighted by atomic mass is 19.4. The fourth-order valence-electron chi connectivity index (χ4n) is 0.835. The van der Waals surface area contributed by atoms with E-state index in [4.69, 9.17) is 12.4 Å². The Kier molecular flexibility index (Phi) is 1.81. The highest BCUT2D eigenvalue weighted by Crippen LogP contribution is 2.32. The minimum absolute atomic E-state index is 0.283. The molecule has 2 nitrogen and oxygen atoms in total. The largest absolute Gasteiger partial charge is 0.417 e. The third-order valence-corrected chi connectivity index (χ3v) is 1.40. The predicted molar refractivity (Wildman–Crippen MR) is 40.6 cm³/mol. The number of alkyl halides is 3. The molecule has 1 aromatic carbocycles. The van der Waals surface area contributed by atoms with Gasteiger partial charge in [0.05, 0.1) is 18.6 Å². The summed E-state index contributed by atoms with van der Waals surface area (Å²) in [6, 6.07) is 2.49. The Balaban J connectivity index is 3.45. The van der Waals surface area contributed by atoms with Crippen LogP contribution in [0, 0.1) is 11.3 Å². The molecule has 0 heterocycles. The summed E-state index contributed by atoms with van der Waals surface area (Å²) < 4.78 is 44.0. The summed E-state index contributed by atoms with van der Waals surface area (Å²) in [5, 5.41) is 8.42. The fourth-order valence-corrected chi connectivity index (χ4v) is 0.835. The molecule has 0 aliphatic heterocycles. The van der Waals surface area contributed by atoms with Gasteiger partial charge in [-0.1, -0.05) is 0 Å². The van der Waals surface area contributed by atoms with E-state index in [1.807, 2.05) is 0 Å². The number of anilines is 1. The van der Waals surface area contributed by atoms with Crippen molar-refractivity contribution in [1.29, 1.82) is 5.26 Å². The van der Waals surface area contributed by atoms with Gasteiger partial charge in [0.1, 0.15) is 0 Å². The third-order valence-electron chi connectivity index (χ3n) is 1.40. The zero-order valence-corrected chi connectivity index (χ0v) is 6.31. The van der Waals surface area contributed by atoms with Crippen LogP contribution in [0.25, 0.3) is 0 Å². The molecule has 13 heavy (non-hydrogen) atoms. The molecule has 2 N–H and O–H groups in total. The number of rotatable bonds is 0. The molecule has 0 aliphatic rings. The van der Waals surface area contributed by atoms with Crippen LogP contribution in [-0.4, -0.2) is 0 Å². The van der Waals surface area contributed by atoms with E-state index >= 15 is 0 Å². The maximum atomic E-state index is 12.3. The molecular weight excluding hydrogens is 181 g/mol. The lowest BCUT2D eigenvalue weighted by Gasteiger charge is -2.08. The standard InChI is InChI=1S/C8H5F3N2/c9-8(10,11)7-3-6(13)2-1-5(7)4-12/h1-3H,13H2/i2T. The van der Waals surface area contributed by atoms with Crippen LogP contribution in [0.1, 0.15) is 12.5 Å². The van der Waals surface area contributed by atoms with Gasteiger partial charge in [0, 0.05) is 5.69 Å². The van der Waals surface area contributed by atoms with Crippen LogP contribution in [0.4, 0.5) is 18.9 Å². The highest BCUT2D eigenvalue weighted by molar-refractivity contribution is 5.50. The van der Waals surface area contributed by atoms with Crippen LogP contribution in [0.15, 0.2) is 18.2 Å². The molecule has 1 rings (SSSR count). The molecule has 0 atom stereocenters. The lowest BCUT2D eigenvalue weighted by molar-refractivity contribution is -0.137. The van der Waals surface area contributed by atoms with Crippen LogP contribution >= 0.6 is 0 Å². The first-order valence-corrected chi connectivity index (χ1v) is 3.23. The Morgan fingerprint density at radius 2 is 2.15 bits per heavy atom. The number of hydrogen-bond acceptors (Lipinski definition) is 2. The quantitative estimate of drug-likeness (QED) is 0.634. The maximum absolute atomic E-state index is 12.3. The summed E-state index contributed by atoms with van der Waals surface area (Å²) in [4.78, 5) is 0. The van der Waals surface area contributed by atoms with Crippen LogP contribution in [0.2, 0.25) is 0 Å². The monoisotopic (exact) mass is 188 g/mol. The van der Waals surface area contributed by atoms with Gasteiger partial charge >= 0.3 is 6.18 Å². The number of halogens is 3. The summed E-state index contributed by atoms with van der Waals surface area (Å²) in [5.74, 6) is 0. The fraction of sp³-hybridized carbons (Fsp3) is 0.125. The number of hydrogen-bond donors (Lipinski definition) is 1. The summed E-state index contributed by atoms with van der Waals surface area (Å²) in [6.45, 7) is 0. The van der Waals surface area contributed by atoms with Crippen molar-refractivity contribution in [3.05, 3.63) is 29.3 Å². The average Bonchev–Trinajstić information content (AvgIpc) is 2.07. The van der Waals surface area contributed by atoms with Crippen LogP contribution in [-0.2, 0) is 6.18 Å². The number of benzene rings is 1. The van der Waals surface area contributed by atoms with E-state index in [1.165, 1.54) is 6.07 Å². The molecule has 0 amide bonds. The molecule has 0 aliphatic carbocycles. The molecule has 0 radical (unpaired) electrons. The highest BCUT2D eigenvalue weighted by Gasteiger charge is 2.33. The summed E-state index contributed by atoms with van der Waals surface area (Å²) >= 11 is 0. The van der Waals surface area contributed by atoms with Gasteiger partial charge in [-0.15, -0.1) is 0 Å². The van der Waals surface area contributed by atoms with E-state index in [-0.39, 0.29) is 11.7 Å². The van der Waals surface area contributed by atoms with Gasteiger partial charge in [-0.25, -0.2) is 0 Å². The summed E-state index contributed by atoms with van der Waals surface area (Å²) in [6.07, 6.45) is -4.62. The predicted octanol–water partition coefficient (Wildman–Crippen LogP) is 2.16. The number of nitriles is 1. The Labute approximate surface area is 73.8 Å². The Hall–Kier alpha value is -1.70. The third kappa shape index (κ3) is 1.90. The topological polar surface area (TPSA) is 49.8 Å². The van der Waals surface area contributed by atoms with Crippen molar-refractivity contribution >= 4 is 5.69 Å². The zero-order valence-electron chi connectivity index (χ0n) is 7.31. The van der Waals surface area contributed by atoms with Gasteiger partial charge in [0.15, 0.2) is 0 Å². The first kappa shape index (κ1) is 7.92. The van der Waals surface area contributed by atoms with Crippen LogP contribution < -0.4 is 5.73 Å². The van der Waals surface area contributed by atoms with Crippen molar-refractivity contribution in [2.45, 2.75) is 6.18 Å². The van der Waals surface area contributed by atoms with Gasteiger partial charge in [0.2, 0.25) is 0 Å². The molecule has 0 spiro atoms. The van der Waals surface area contributed by atoms with E-state index in [9.17, 15) is 13.2 Å². The van der Waals surface area contributed by atoms with Crippen molar-refractivity contribution < 1.29 is 14.5 Å². The van der Waals surface area contributed by atoms with E-state index in [0.717, 1.165) is 6.07 Å². The molecule has 5 heteroatoms. The maximum Gasteiger partial charge on any atom is 0.417 e. The smallest absolute Gasteiger partial charge is 0.399 e. The van der Waals surface area contributed by atoms with Crippen molar-refractivity contribution in [2.75, 3.05) is 5.73 Å². The van der Waals surface area contributed by atoms with Gasteiger partial charge < -0.3 is 5.73 Å². The first-order chi connectivity index (χ1) is 6.36. The average molecular weight is 188 g/mol. The molecular formula is C8H5F3N2. The second kappa shape index (κ2) is 2.98. The van der Waals surface area contributed by atoms with Crippen LogP contribution in [0.5, 0.6) is 0 Å². The van der Waals surface area contributed by atoms with Gasteiger partial charge in [-0.05, 0) is 18.2 Å². The lowest BCUT2D eigenvalue weighted by Crippen LogP contribution is -2.08. The Bertz CT molecular complexity index is 406. The summed E-state index contributed by atoms with van der Waals surface area (Å²) in [5.41, 5.74) is 3.16. The van der Waals surface area contributed by atoms with Gasteiger partial charge in [-0.3, -0.25) is 0 Å². The molecule has 0 bridgehead atoms. The molecule has 0 aromatic heterocycles. The van der Waals surface area contributed by atoms with Crippen molar-refractivity contribution in [3.8, 4) is 6.07 Å². The van der Waals surface area contributed by atoms with Crippen molar-refractivity contribution in [1.82, 2.24) is 0 Å². The Morgan fingerprint density at radius 3 is 2.62 bits per heavy atom. The van der Waals surface area contributed by atoms with Gasteiger partial charge in [0.25, 0.3) is 0 Å². The van der Waals surface area contributed by atoms with E-state index in [2.05, 4.69) is 0 Å². The number of nitrogens with two attached hydrogens (primary N) is 1. The second-order valence-electron chi connectivity index (χ2n) is 2.33. The normalized spacial score (nSPS) is 12.0. The molecule has 0 saturated carbocycles. The van der Waals surface area contributed by atoms with Crippen LogP contribution in [0.3, 0.4) is 0 Å². The Morgan fingerprint density at radius 1 is 1.54 bits per heavy atom. The summed E-state index contributed by atoms with van der Waals surface area (Å²) in [7, 11) is 0. The first-order valence-electron chi connectivity index (χ1n) is 3.73. The minimum Gasteiger partial charge on any atom is -0.399 e. The van der Waals surface area contributed by atoms with E-state index in [1.54, 1.807) is 0 Å². The van der Waals surface area contributed by atoms with E-state index < -0.39 is 17.3 Å². The van der Waals surface area contributed by atoms with Gasteiger partial charge in [-0.2, -0.15) is 18.4 Å². The second-order valence-corrected chi connectivity index (χ2v) is 2.33.